The van der Waals surface area contributed by atoms with Crippen molar-refractivity contribution in [3.05, 3.63) is 46.3 Å². The molecule has 8 heteroatoms. The van der Waals surface area contributed by atoms with Gasteiger partial charge in [0.25, 0.3) is 5.91 Å². The second kappa shape index (κ2) is 6.55. The van der Waals surface area contributed by atoms with Crippen LogP contribution in [0.25, 0.3) is 0 Å². The average molecular weight is 325 g/mol. The van der Waals surface area contributed by atoms with Crippen LogP contribution in [0.3, 0.4) is 0 Å². The highest BCUT2D eigenvalue weighted by Crippen LogP contribution is 2.13. The first-order valence-electron chi connectivity index (χ1n) is 6.03. The first-order chi connectivity index (χ1) is 9.97. The fourth-order valence-electron chi connectivity index (χ4n) is 1.68. The SMILES string of the molecule is Cc1noc(C)c1C(=O)NNC(=S)Nc1ccc(Cl)cc1. The van der Waals surface area contributed by atoms with Crippen LogP contribution in [-0.4, -0.2) is 16.2 Å². The molecule has 21 heavy (non-hydrogen) atoms. The highest BCUT2D eigenvalue weighted by Gasteiger charge is 2.17. The van der Waals surface area contributed by atoms with Gasteiger partial charge in [0, 0.05) is 10.7 Å². The molecule has 0 radical (unpaired) electrons. The monoisotopic (exact) mass is 324 g/mol. The van der Waals surface area contributed by atoms with Crippen molar-refractivity contribution in [2.45, 2.75) is 13.8 Å². The standard InChI is InChI=1S/C13H13ClN4O2S/c1-7-11(8(2)20-18-7)12(19)16-17-13(21)15-10-5-3-9(14)4-6-10/h3-6H,1-2H3,(H,16,19)(H2,15,17,21). The Kier molecular flexibility index (Phi) is 4.77. The summed E-state index contributed by atoms with van der Waals surface area (Å²) in [5.74, 6) is 0.0786. The van der Waals surface area contributed by atoms with Gasteiger partial charge in [0.1, 0.15) is 11.3 Å². The van der Waals surface area contributed by atoms with E-state index in [1.165, 1.54) is 0 Å². The number of rotatable bonds is 2. The number of thiocarbonyl (C=S) groups is 1. The lowest BCUT2D eigenvalue weighted by atomic mass is 10.2. The van der Waals surface area contributed by atoms with E-state index >= 15 is 0 Å². The van der Waals surface area contributed by atoms with Gasteiger partial charge < -0.3 is 9.84 Å². The summed E-state index contributed by atoms with van der Waals surface area (Å²) in [6.45, 7) is 3.36. The summed E-state index contributed by atoms with van der Waals surface area (Å²) < 4.78 is 4.93. The normalized spacial score (nSPS) is 10.0. The Morgan fingerprint density at radius 3 is 2.48 bits per heavy atom. The molecule has 110 valence electrons. The molecule has 0 unspecified atom stereocenters. The van der Waals surface area contributed by atoms with Crippen LogP contribution in [0, 0.1) is 13.8 Å². The molecule has 6 nitrogen and oxygen atoms in total. The molecule has 0 bridgehead atoms. The Balaban J connectivity index is 1.89. The number of hydrogen-bond donors (Lipinski definition) is 3. The molecule has 0 saturated heterocycles. The van der Waals surface area contributed by atoms with Crippen LogP contribution >= 0.6 is 23.8 Å². The highest BCUT2D eigenvalue weighted by atomic mass is 35.5. The average Bonchev–Trinajstić information content (AvgIpc) is 2.78. The number of aryl methyl sites for hydroxylation is 2. The van der Waals surface area contributed by atoms with Crippen LogP contribution in [0.1, 0.15) is 21.8 Å². The molecule has 0 aliphatic rings. The predicted octanol–water partition coefficient (Wildman–Crippen LogP) is 2.58. The molecular formula is C13H13ClN4O2S. The third-order valence-electron chi connectivity index (χ3n) is 2.65. The smallest absolute Gasteiger partial charge is 0.275 e. The molecule has 0 aliphatic carbocycles. The van der Waals surface area contributed by atoms with Gasteiger partial charge in [-0.1, -0.05) is 16.8 Å². The molecule has 0 fully saturated rings. The summed E-state index contributed by atoms with van der Waals surface area (Å²) in [6, 6.07) is 7.00. The molecule has 2 rings (SSSR count). The second-order valence-electron chi connectivity index (χ2n) is 4.24. The van der Waals surface area contributed by atoms with Crippen LogP contribution in [0.4, 0.5) is 5.69 Å². The number of anilines is 1. The number of nitrogens with one attached hydrogen (secondary N) is 3. The number of hydrogen-bond acceptors (Lipinski definition) is 4. The number of halogens is 1. The van der Waals surface area contributed by atoms with Gasteiger partial charge in [0.15, 0.2) is 5.11 Å². The number of amides is 1. The van der Waals surface area contributed by atoms with Crippen molar-refractivity contribution in [3.8, 4) is 0 Å². The maximum atomic E-state index is 12.0. The maximum Gasteiger partial charge on any atom is 0.275 e. The molecule has 1 aromatic carbocycles. The summed E-state index contributed by atoms with van der Waals surface area (Å²) >= 11 is 10.9. The minimum absolute atomic E-state index is 0.248. The lowest BCUT2D eigenvalue weighted by Crippen LogP contribution is -2.44. The summed E-state index contributed by atoms with van der Waals surface area (Å²) in [4.78, 5) is 12.0. The summed E-state index contributed by atoms with van der Waals surface area (Å²) in [6.07, 6.45) is 0. The first-order valence-corrected chi connectivity index (χ1v) is 6.82. The molecule has 1 amide bonds. The van der Waals surface area contributed by atoms with Crippen LogP contribution in [0.2, 0.25) is 5.02 Å². The minimum Gasteiger partial charge on any atom is -0.361 e. The number of aromatic nitrogens is 1. The molecule has 0 atom stereocenters. The van der Waals surface area contributed by atoms with E-state index in [9.17, 15) is 4.79 Å². The van der Waals surface area contributed by atoms with Crippen LogP contribution in [-0.2, 0) is 0 Å². The summed E-state index contributed by atoms with van der Waals surface area (Å²) in [7, 11) is 0. The van der Waals surface area contributed by atoms with E-state index in [1.54, 1.807) is 38.1 Å². The molecule has 0 saturated carbocycles. The number of benzene rings is 1. The van der Waals surface area contributed by atoms with Crippen molar-refractivity contribution >= 4 is 40.5 Å². The molecule has 1 heterocycles. The van der Waals surface area contributed by atoms with E-state index in [1.807, 2.05) is 0 Å². The van der Waals surface area contributed by atoms with E-state index in [4.69, 9.17) is 28.3 Å². The fourth-order valence-corrected chi connectivity index (χ4v) is 1.97. The Labute approximate surface area is 131 Å². The van der Waals surface area contributed by atoms with Gasteiger partial charge in [-0.3, -0.25) is 15.6 Å². The predicted molar refractivity (Wildman–Crippen MR) is 84.3 cm³/mol. The lowest BCUT2D eigenvalue weighted by Gasteiger charge is -2.11. The van der Waals surface area contributed by atoms with Crippen molar-refractivity contribution in [3.63, 3.8) is 0 Å². The van der Waals surface area contributed by atoms with Crippen LogP contribution in [0.15, 0.2) is 28.8 Å². The van der Waals surface area contributed by atoms with Gasteiger partial charge in [-0.15, -0.1) is 0 Å². The second-order valence-corrected chi connectivity index (χ2v) is 5.08. The van der Waals surface area contributed by atoms with Crippen molar-refractivity contribution in [2.24, 2.45) is 0 Å². The van der Waals surface area contributed by atoms with Crippen molar-refractivity contribution in [2.75, 3.05) is 5.32 Å². The molecule has 0 spiro atoms. The van der Waals surface area contributed by atoms with Crippen molar-refractivity contribution in [1.82, 2.24) is 16.0 Å². The van der Waals surface area contributed by atoms with E-state index in [0.717, 1.165) is 5.69 Å². The molecule has 0 aliphatic heterocycles. The summed E-state index contributed by atoms with van der Waals surface area (Å²) in [5.41, 5.74) is 6.74. The van der Waals surface area contributed by atoms with Crippen molar-refractivity contribution in [1.29, 1.82) is 0 Å². The van der Waals surface area contributed by atoms with Crippen LogP contribution in [0.5, 0.6) is 0 Å². The van der Waals surface area contributed by atoms with Crippen molar-refractivity contribution < 1.29 is 9.32 Å². The van der Waals surface area contributed by atoms with Gasteiger partial charge in [-0.2, -0.15) is 0 Å². The van der Waals surface area contributed by atoms with E-state index in [-0.39, 0.29) is 11.0 Å². The van der Waals surface area contributed by atoms with E-state index in [0.29, 0.717) is 22.0 Å². The molecule has 2 aromatic rings. The van der Waals surface area contributed by atoms with Crippen LogP contribution < -0.4 is 16.2 Å². The Morgan fingerprint density at radius 1 is 1.24 bits per heavy atom. The van der Waals surface area contributed by atoms with E-state index in [2.05, 4.69) is 21.3 Å². The molecule has 1 aromatic heterocycles. The minimum atomic E-state index is -0.369. The first kappa shape index (κ1) is 15.3. The summed E-state index contributed by atoms with van der Waals surface area (Å²) in [5, 5.41) is 7.50. The highest BCUT2D eigenvalue weighted by molar-refractivity contribution is 7.80. The maximum absolute atomic E-state index is 12.0. The topological polar surface area (TPSA) is 79.2 Å². The van der Waals surface area contributed by atoms with Gasteiger partial charge >= 0.3 is 0 Å². The number of hydrazine groups is 1. The zero-order valence-electron chi connectivity index (χ0n) is 11.4. The Morgan fingerprint density at radius 2 is 1.90 bits per heavy atom. The van der Waals surface area contributed by atoms with Gasteiger partial charge in [0.2, 0.25) is 0 Å². The largest absolute Gasteiger partial charge is 0.361 e. The van der Waals surface area contributed by atoms with E-state index < -0.39 is 0 Å². The van der Waals surface area contributed by atoms with Gasteiger partial charge in [-0.25, -0.2) is 0 Å². The molecular weight excluding hydrogens is 312 g/mol. The van der Waals surface area contributed by atoms with Gasteiger partial charge in [-0.05, 0) is 50.3 Å². The fraction of sp³-hybridized carbons (Fsp3) is 0.154. The Hall–Kier alpha value is -2.12. The zero-order valence-corrected chi connectivity index (χ0v) is 12.9. The zero-order chi connectivity index (χ0) is 15.4. The quantitative estimate of drug-likeness (QED) is 0.582. The third-order valence-corrected chi connectivity index (χ3v) is 3.11. The lowest BCUT2D eigenvalue weighted by molar-refractivity contribution is 0.0942. The number of carbonyl (C=O) groups excluding carboxylic acids is 1. The Bertz CT molecular complexity index is 650. The third kappa shape index (κ3) is 3.93. The number of carbonyl (C=O) groups is 1. The number of nitrogens with zero attached hydrogens (tertiary/aromatic N) is 1. The van der Waals surface area contributed by atoms with Gasteiger partial charge in [0.05, 0.1) is 5.69 Å². The molecule has 3 N–H and O–H groups in total.